The molecule has 17 nitrogen and oxygen atoms in total. The van der Waals surface area contributed by atoms with Crippen molar-refractivity contribution in [2.45, 2.75) is 33.2 Å². The zero-order chi connectivity index (χ0) is 45.7. The summed E-state index contributed by atoms with van der Waals surface area (Å²) in [6, 6.07) is 30.1. The van der Waals surface area contributed by atoms with Gasteiger partial charge in [0.15, 0.2) is 17.3 Å². The minimum Gasteiger partial charge on any atom is -0.508 e. The lowest BCUT2D eigenvalue weighted by Crippen LogP contribution is -2.28. The molecule has 0 saturated carbocycles. The van der Waals surface area contributed by atoms with E-state index in [4.69, 9.17) is 28.4 Å². The first-order valence-corrected chi connectivity index (χ1v) is 23.4. The van der Waals surface area contributed by atoms with E-state index in [9.17, 15) is 48.8 Å². The van der Waals surface area contributed by atoms with Crippen LogP contribution in [0.25, 0.3) is 0 Å². The molecule has 2 fully saturated rings. The van der Waals surface area contributed by atoms with Gasteiger partial charge >= 0.3 is 0 Å². The molecule has 0 aliphatic carbocycles. The molecule has 332 valence electrons. The van der Waals surface area contributed by atoms with Crippen LogP contribution in [0.3, 0.4) is 0 Å². The number of carbonyl (C=O) groups excluding carboxylic acids is 1. The van der Waals surface area contributed by atoms with Crippen molar-refractivity contribution in [3.8, 4) is 28.7 Å². The maximum atomic E-state index is 14.0. The summed E-state index contributed by atoms with van der Waals surface area (Å²) in [6.07, 6.45) is 0. The Bertz CT molecular complexity index is 3040. The summed E-state index contributed by atoms with van der Waals surface area (Å²) in [4.78, 5) is 10.7. The van der Waals surface area contributed by atoms with Gasteiger partial charge in [0.1, 0.15) is 31.9 Å². The molecule has 0 spiro atoms. The van der Waals surface area contributed by atoms with Gasteiger partial charge in [-0.25, -0.2) is 0 Å². The highest BCUT2D eigenvalue weighted by atomic mass is 32.2. The van der Waals surface area contributed by atoms with Gasteiger partial charge in [-0.15, -0.1) is 0 Å². The van der Waals surface area contributed by atoms with Gasteiger partial charge in [0.2, 0.25) is 11.6 Å². The molecule has 6 aromatic carbocycles. The lowest BCUT2D eigenvalue weighted by molar-refractivity contribution is -0.130. The first-order chi connectivity index (χ1) is 30.3. The summed E-state index contributed by atoms with van der Waals surface area (Å²) in [6.45, 7) is 2.44. The van der Waals surface area contributed by atoms with E-state index >= 15 is 0 Å². The fourth-order valence-corrected chi connectivity index (χ4v) is 9.54. The predicted molar refractivity (Wildman–Crippen MR) is 223 cm³/mol. The lowest BCUT2D eigenvalue weighted by atomic mass is 9.97. The number of ether oxygens (including phenoxy) is 6. The molecule has 0 bridgehead atoms. The van der Waals surface area contributed by atoms with Gasteiger partial charge < -0.3 is 33.5 Å². The molecule has 0 aromatic heterocycles. The SMILES string of the molecule is Cc1cc(C(=O)c2cc(S(=O)(=O)O)c(Oc3ccc(C4(c5ccc(O)cc5)OCCO4)cc3)c(S(=O)(=O)O)c2)cc(S(=O)(=O)O)c1Oc1ccc(C2(c3ccccc3)OCCO2)cc1. The Morgan fingerprint density at radius 3 is 1.25 bits per heavy atom. The summed E-state index contributed by atoms with van der Waals surface area (Å²) >= 11 is 0. The molecule has 2 aliphatic rings. The average molecular weight is 933 g/mol. The van der Waals surface area contributed by atoms with Crippen LogP contribution in [0.2, 0.25) is 0 Å². The van der Waals surface area contributed by atoms with Crippen molar-refractivity contribution in [3.63, 3.8) is 0 Å². The Hall–Kier alpha value is -6.04. The highest BCUT2D eigenvalue weighted by molar-refractivity contribution is 7.87. The molecule has 4 N–H and O–H groups in total. The number of hydrogen-bond acceptors (Lipinski definition) is 14. The van der Waals surface area contributed by atoms with Crippen LogP contribution < -0.4 is 9.47 Å². The molecule has 2 heterocycles. The number of phenols is 1. The third-order valence-electron chi connectivity index (χ3n) is 10.3. The van der Waals surface area contributed by atoms with E-state index in [0.29, 0.717) is 42.0 Å². The lowest BCUT2D eigenvalue weighted by Gasteiger charge is -2.28. The van der Waals surface area contributed by atoms with E-state index in [0.717, 1.165) is 17.7 Å². The van der Waals surface area contributed by atoms with Crippen molar-refractivity contribution in [2.24, 2.45) is 0 Å². The summed E-state index contributed by atoms with van der Waals surface area (Å²) in [5.74, 6) is -5.39. The van der Waals surface area contributed by atoms with Crippen LogP contribution in [0, 0.1) is 6.92 Å². The van der Waals surface area contributed by atoms with Crippen LogP contribution in [-0.2, 0) is 60.9 Å². The van der Waals surface area contributed by atoms with Gasteiger partial charge in [-0.2, -0.15) is 25.3 Å². The van der Waals surface area contributed by atoms with Gasteiger partial charge in [0.25, 0.3) is 30.4 Å². The average Bonchev–Trinajstić information content (AvgIpc) is 3.97. The fourth-order valence-electron chi connectivity index (χ4n) is 7.44. The Labute approximate surface area is 366 Å². The van der Waals surface area contributed by atoms with Crippen molar-refractivity contribution in [1.82, 2.24) is 0 Å². The molecule has 20 heteroatoms. The van der Waals surface area contributed by atoms with Crippen LogP contribution in [0.5, 0.6) is 28.7 Å². The third kappa shape index (κ3) is 8.63. The first-order valence-electron chi connectivity index (χ1n) is 19.1. The summed E-state index contributed by atoms with van der Waals surface area (Å²) in [5.41, 5.74) is 1.00. The predicted octanol–water partition coefficient (Wildman–Crippen LogP) is 6.75. The van der Waals surface area contributed by atoms with E-state index < -0.39 is 79.3 Å². The second kappa shape index (κ2) is 16.8. The van der Waals surface area contributed by atoms with Crippen molar-refractivity contribution in [2.75, 3.05) is 26.4 Å². The number of benzene rings is 6. The van der Waals surface area contributed by atoms with Crippen LogP contribution in [0.1, 0.15) is 43.7 Å². The van der Waals surface area contributed by atoms with Crippen LogP contribution in [0.4, 0.5) is 0 Å². The normalized spacial score (nSPS) is 16.1. The number of hydrogen-bond donors (Lipinski definition) is 4. The molecule has 0 unspecified atom stereocenters. The van der Waals surface area contributed by atoms with E-state index in [1.807, 2.05) is 30.3 Å². The van der Waals surface area contributed by atoms with E-state index in [-0.39, 0.29) is 41.8 Å². The molecular weight excluding hydrogens is 897 g/mol. The first kappa shape index (κ1) is 44.6. The minimum absolute atomic E-state index is 0.000556. The summed E-state index contributed by atoms with van der Waals surface area (Å²) < 4.78 is 143. The van der Waals surface area contributed by atoms with Crippen LogP contribution >= 0.6 is 0 Å². The Morgan fingerprint density at radius 1 is 0.500 bits per heavy atom. The number of phenolic OH excluding ortho intramolecular Hbond substituents is 1. The number of aryl methyl sites for hydroxylation is 1. The monoisotopic (exact) mass is 932 g/mol. The second-order valence-electron chi connectivity index (χ2n) is 14.5. The summed E-state index contributed by atoms with van der Waals surface area (Å²) in [7, 11) is -16.0. The molecular formula is C44H36O17S3. The van der Waals surface area contributed by atoms with Crippen molar-refractivity contribution >= 4 is 36.1 Å². The van der Waals surface area contributed by atoms with Gasteiger partial charge in [0.05, 0.1) is 26.4 Å². The zero-order valence-electron chi connectivity index (χ0n) is 33.3. The van der Waals surface area contributed by atoms with Gasteiger partial charge in [0, 0.05) is 33.4 Å². The molecule has 6 aromatic rings. The topological polar surface area (TPSA) is 256 Å². The van der Waals surface area contributed by atoms with Crippen LogP contribution in [0.15, 0.2) is 142 Å². The maximum absolute atomic E-state index is 14.0. The quantitative estimate of drug-likeness (QED) is 0.0690. The maximum Gasteiger partial charge on any atom is 0.298 e. The smallest absolute Gasteiger partial charge is 0.298 e. The standard InChI is InChI=1S/C44H36O17S3/c1-27-23-28(24-37(62(47,48)49)41(27)60-35-15-9-32(10-16-35)43(56-19-20-57-43)30-5-3-2-4-6-30)40(46)29-25-38(63(50,51)52)42(39(26-29)64(53,54)55)61-36-17-11-33(12-18-36)44(58-21-22-59-44)31-7-13-34(45)14-8-31/h2-18,23-26,45H,19-22H2,1H3,(H,47,48,49)(H,50,51,52)(H,53,54,55). The molecule has 0 amide bonds. The summed E-state index contributed by atoms with van der Waals surface area (Å²) in [5, 5.41) is 9.78. The Kier molecular flexibility index (Phi) is 11.7. The molecule has 0 radical (unpaired) electrons. The van der Waals surface area contributed by atoms with Crippen molar-refractivity contribution in [1.29, 1.82) is 0 Å². The number of carbonyl (C=O) groups is 1. The molecule has 64 heavy (non-hydrogen) atoms. The molecule has 0 atom stereocenters. The van der Waals surface area contributed by atoms with Crippen molar-refractivity contribution in [3.05, 3.63) is 166 Å². The highest BCUT2D eigenvalue weighted by Gasteiger charge is 2.42. The Balaban J connectivity index is 1.12. The molecule has 2 aliphatic heterocycles. The van der Waals surface area contributed by atoms with Gasteiger partial charge in [-0.1, -0.05) is 30.3 Å². The highest BCUT2D eigenvalue weighted by Crippen LogP contribution is 2.43. The molecule has 8 rings (SSSR count). The number of aromatic hydroxyl groups is 1. The largest absolute Gasteiger partial charge is 0.508 e. The molecule has 2 saturated heterocycles. The van der Waals surface area contributed by atoms with Crippen molar-refractivity contribution < 1.29 is 77.2 Å². The number of ketones is 1. The van der Waals surface area contributed by atoms with Gasteiger partial charge in [-0.05, 0) is 110 Å². The van der Waals surface area contributed by atoms with E-state index in [1.54, 1.807) is 24.3 Å². The minimum atomic E-state index is -5.44. The fraction of sp³-hybridized carbons (Fsp3) is 0.159. The third-order valence-corrected chi connectivity index (χ3v) is 12.9. The number of rotatable bonds is 13. The Morgan fingerprint density at radius 2 is 0.844 bits per heavy atom. The zero-order valence-corrected chi connectivity index (χ0v) is 35.7. The van der Waals surface area contributed by atoms with E-state index in [1.165, 1.54) is 55.5 Å². The van der Waals surface area contributed by atoms with Gasteiger partial charge in [-0.3, -0.25) is 18.5 Å². The van der Waals surface area contributed by atoms with Crippen LogP contribution in [-0.4, -0.2) is 76.2 Å². The second-order valence-corrected chi connectivity index (χ2v) is 18.6. The van der Waals surface area contributed by atoms with E-state index in [2.05, 4.69) is 0 Å².